The molecule has 1 heteroatoms. The van der Waals surface area contributed by atoms with Gasteiger partial charge in [-0.15, -0.1) is 0 Å². The molecule has 0 rings (SSSR count). The molecule has 0 aliphatic heterocycles. The van der Waals surface area contributed by atoms with E-state index in [1.165, 1.54) is 12.8 Å². The van der Waals surface area contributed by atoms with Gasteiger partial charge in [-0.05, 0) is 19.1 Å². The Morgan fingerprint density at radius 2 is 2.29 bits per heavy atom. The summed E-state index contributed by atoms with van der Waals surface area (Å²) in [6.07, 6.45) is 5.65. The van der Waals surface area contributed by atoms with Crippen LogP contribution >= 0.6 is 0 Å². The van der Waals surface area contributed by atoms with Crippen LogP contribution in [0.3, 0.4) is 0 Å². The molecule has 7 heavy (non-hydrogen) atoms. The minimum atomic E-state index is 1.15. The summed E-state index contributed by atoms with van der Waals surface area (Å²) >= 11 is 0. The predicted octanol–water partition coefficient (Wildman–Crippen LogP) is 1.88. The van der Waals surface area contributed by atoms with E-state index in [-0.39, 0.29) is 0 Å². The lowest BCUT2D eigenvalue weighted by Gasteiger charge is -1.83. The largest absolute Gasteiger partial charge is 0.301 e. The molecule has 0 unspecified atom stereocenters. The van der Waals surface area contributed by atoms with E-state index in [4.69, 9.17) is 0 Å². The molecule has 0 radical (unpaired) electrons. The second-order valence-electron chi connectivity index (χ2n) is 1.58. The minimum Gasteiger partial charge on any atom is -0.301 e. The van der Waals surface area contributed by atoms with Crippen molar-refractivity contribution in [2.45, 2.75) is 26.2 Å². The Labute approximate surface area is 45.5 Å². The molecular formula is C6H13N. The zero-order valence-electron chi connectivity index (χ0n) is 5.15. The van der Waals surface area contributed by atoms with Crippen molar-refractivity contribution in [2.75, 3.05) is 7.05 Å². The summed E-state index contributed by atoms with van der Waals surface area (Å²) in [7, 11) is 1.82. The highest BCUT2D eigenvalue weighted by Crippen LogP contribution is 1.88. The molecule has 42 valence electrons. The molecule has 0 amide bonds. The van der Waals surface area contributed by atoms with E-state index in [9.17, 15) is 0 Å². The van der Waals surface area contributed by atoms with Crippen molar-refractivity contribution >= 4 is 6.21 Å². The molecule has 0 fully saturated rings. The van der Waals surface area contributed by atoms with Crippen molar-refractivity contribution < 1.29 is 0 Å². The van der Waals surface area contributed by atoms with Crippen LogP contribution < -0.4 is 0 Å². The Balaban J connectivity index is 2.69. The fraction of sp³-hybridized carbons (Fsp3) is 0.833. The van der Waals surface area contributed by atoms with E-state index in [1.807, 2.05) is 13.3 Å². The van der Waals surface area contributed by atoms with E-state index >= 15 is 0 Å². The first-order chi connectivity index (χ1) is 3.41. The normalized spacial score (nSPS) is 10.6. The van der Waals surface area contributed by atoms with Gasteiger partial charge in [-0.2, -0.15) is 0 Å². The van der Waals surface area contributed by atoms with Crippen LogP contribution in [-0.2, 0) is 0 Å². The smallest absolute Gasteiger partial charge is 0.0273 e. The molecule has 0 aromatic rings. The van der Waals surface area contributed by atoms with E-state index < -0.39 is 0 Å². The summed E-state index contributed by atoms with van der Waals surface area (Å²) in [5, 5.41) is 0. The van der Waals surface area contributed by atoms with E-state index in [2.05, 4.69) is 11.9 Å². The molecule has 0 bridgehead atoms. The third-order valence-electron chi connectivity index (χ3n) is 0.869. The molecule has 0 aromatic carbocycles. The minimum absolute atomic E-state index is 1.15. The fourth-order valence-corrected chi connectivity index (χ4v) is 0.425. The molecule has 0 saturated carbocycles. The first-order valence-corrected chi connectivity index (χ1v) is 2.82. The number of unbranched alkanes of at least 4 members (excludes halogenated alkanes) is 2. The highest BCUT2D eigenvalue weighted by Gasteiger charge is 1.74. The Morgan fingerprint density at radius 3 is 2.71 bits per heavy atom. The second kappa shape index (κ2) is 5.67. The van der Waals surface area contributed by atoms with Crippen LogP contribution in [0.25, 0.3) is 0 Å². The van der Waals surface area contributed by atoms with Crippen molar-refractivity contribution in [2.24, 2.45) is 4.99 Å². The summed E-state index contributed by atoms with van der Waals surface area (Å²) in [6.45, 7) is 2.18. The summed E-state index contributed by atoms with van der Waals surface area (Å²) in [4.78, 5) is 3.85. The highest BCUT2D eigenvalue weighted by molar-refractivity contribution is 5.56. The molecule has 0 spiro atoms. The van der Waals surface area contributed by atoms with E-state index in [0.29, 0.717) is 0 Å². The number of nitrogens with zero attached hydrogens (tertiary/aromatic N) is 1. The van der Waals surface area contributed by atoms with Gasteiger partial charge < -0.3 is 4.99 Å². The molecule has 0 atom stereocenters. The summed E-state index contributed by atoms with van der Waals surface area (Å²) in [5.74, 6) is 0. The van der Waals surface area contributed by atoms with Crippen molar-refractivity contribution in [3.63, 3.8) is 0 Å². The Bertz CT molecular complexity index is 48.1. The van der Waals surface area contributed by atoms with Crippen LogP contribution in [-0.4, -0.2) is 13.3 Å². The van der Waals surface area contributed by atoms with Crippen molar-refractivity contribution in [1.82, 2.24) is 0 Å². The lowest BCUT2D eigenvalue weighted by molar-refractivity contribution is 0.842. The molecule has 0 aliphatic rings. The van der Waals surface area contributed by atoms with Crippen LogP contribution in [0.15, 0.2) is 4.99 Å². The average molecular weight is 101 g/mol. The van der Waals surface area contributed by atoms with Gasteiger partial charge in [0.05, 0.1) is 0 Å². The van der Waals surface area contributed by atoms with E-state index in [1.54, 1.807) is 0 Å². The molecule has 0 aromatic heterocycles. The van der Waals surface area contributed by atoms with Gasteiger partial charge in [-0.25, -0.2) is 0 Å². The first kappa shape index (κ1) is 6.67. The number of aliphatic imine (C=N–C) groups is 1. The summed E-state index contributed by atoms with van der Waals surface area (Å²) in [5.41, 5.74) is 0. The Kier molecular flexibility index (Phi) is 5.40. The molecular weight excluding hydrogens is 88.1 g/mol. The second-order valence-corrected chi connectivity index (χ2v) is 1.58. The number of rotatable bonds is 3. The fourth-order valence-electron chi connectivity index (χ4n) is 0.425. The van der Waals surface area contributed by atoms with Gasteiger partial charge in [0.1, 0.15) is 0 Å². The lowest BCUT2D eigenvalue weighted by Crippen LogP contribution is -1.72. The zero-order valence-corrected chi connectivity index (χ0v) is 5.15. The summed E-state index contributed by atoms with van der Waals surface area (Å²) < 4.78 is 0. The molecule has 1 nitrogen and oxygen atoms in total. The Hall–Kier alpha value is -0.330. The number of hydrogen-bond donors (Lipinski definition) is 0. The monoisotopic (exact) mass is 101 g/mol. The van der Waals surface area contributed by atoms with Gasteiger partial charge >= 0.3 is 0 Å². The van der Waals surface area contributed by atoms with Crippen LogP contribution in [0.2, 0.25) is 0 Å². The molecule has 0 N–H and O–H groups in total. The predicted molar refractivity (Wildman–Crippen MR) is 33.9 cm³/mol. The maximum atomic E-state index is 3.85. The first-order valence-electron chi connectivity index (χ1n) is 2.82. The number of hydrogen-bond acceptors (Lipinski definition) is 1. The van der Waals surface area contributed by atoms with Gasteiger partial charge in [0.2, 0.25) is 0 Å². The highest BCUT2D eigenvalue weighted by atomic mass is 14.8. The van der Waals surface area contributed by atoms with Crippen LogP contribution in [0.5, 0.6) is 0 Å². The average Bonchev–Trinajstić information content (AvgIpc) is 1.69. The van der Waals surface area contributed by atoms with Crippen LogP contribution in [0, 0.1) is 0 Å². The molecule has 0 heterocycles. The van der Waals surface area contributed by atoms with E-state index in [0.717, 1.165) is 6.42 Å². The van der Waals surface area contributed by atoms with Gasteiger partial charge in [-0.1, -0.05) is 13.3 Å². The lowest BCUT2D eigenvalue weighted by atomic mass is 10.3. The molecule has 0 aliphatic carbocycles. The third-order valence-corrected chi connectivity index (χ3v) is 0.869. The SMILES string of the molecule is [13CH3]CCCC=N[13CH3]. The zero-order chi connectivity index (χ0) is 5.54. The van der Waals surface area contributed by atoms with Gasteiger partial charge in [0.15, 0.2) is 0 Å². The topological polar surface area (TPSA) is 12.4 Å². The molecule has 0 saturated heterocycles. The standard InChI is InChI=1S/C6H13N/c1-3-4-5-6-7-2/h6H,3-5H2,1-2H3/i1+1,2+1. The van der Waals surface area contributed by atoms with Crippen molar-refractivity contribution in [3.8, 4) is 0 Å². The van der Waals surface area contributed by atoms with Gasteiger partial charge in [0, 0.05) is 7.05 Å². The summed E-state index contributed by atoms with van der Waals surface area (Å²) in [6, 6.07) is 0. The van der Waals surface area contributed by atoms with Gasteiger partial charge in [0.25, 0.3) is 0 Å². The Morgan fingerprint density at radius 1 is 1.57 bits per heavy atom. The van der Waals surface area contributed by atoms with Crippen LogP contribution in [0.4, 0.5) is 0 Å². The quantitative estimate of drug-likeness (QED) is 0.292. The van der Waals surface area contributed by atoms with Crippen molar-refractivity contribution in [1.29, 1.82) is 0 Å². The van der Waals surface area contributed by atoms with Crippen molar-refractivity contribution in [3.05, 3.63) is 0 Å². The van der Waals surface area contributed by atoms with Gasteiger partial charge in [-0.3, -0.25) is 0 Å². The maximum Gasteiger partial charge on any atom is 0.0273 e. The third kappa shape index (κ3) is 5.67. The maximum absolute atomic E-state index is 3.85. The van der Waals surface area contributed by atoms with Crippen LogP contribution in [0.1, 0.15) is 26.2 Å².